The molecule has 0 aromatic heterocycles. The van der Waals surface area contributed by atoms with E-state index in [9.17, 15) is 10.1 Å². The van der Waals surface area contributed by atoms with Gasteiger partial charge >= 0.3 is 0 Å². The number of benzene rings is 1. The van der Waals surface area contributed by atoms with Gasteiger partial charge < -0.3 is 10.5 Å². The SMILES string of the molecule is NCC1CCCCC1Oc1c(Cl)cc([N+](=O)[O-])cc1Cl. The molecule has 7 heteroatoms. The van der Waals surface area contributed by atoms with Crippen molar-refractivity contribution in [3.63, 3.8) is 0 Å². The molecule has 110 valence electrons. The van der Waals surface area contributed by atoms with Crippen LogP contribution in [0.2, 0.25) is 10.0 Å². The second kappa shape index (κ2) is 6.61. The van der Waals surface area contributed by atoms with E-state index < -0.39 is 4.92 Å². The Hall–Kier alpha value is -1.04. The average molecular weight is 319 g/mol. The van der Waals surface area contributed by atoms with E-state index in [1.165, 1.54) is 12.1 Å². The van der Waals surface area contributed by atoms with Gasteiger partial charge in [-0.3, -0.25) is 10.1 Å². The molecule has 0 aliphatic heterocycles. The van der Waals surface area contributed by atoms with Crippen LogP contribution < -0.4 is 10.5 Å². The summed E-state index contributed by atoms with van der Waals surface area (Å²) in [6, 6.07) is 2.51. The number of ether oxygens (including phenoxy) is 1. The minimum atomic E-state index is -0.537. The van der Waals surface area contributed by atoms with Crippen molar-refractivity contribution in [1.29, 1.82) is 0 Å². The molecule has 20 heavy (non-hydrogen) atoms. The van der Waals surface area contributed by atoms with Crippen LogP contribution in [0.1, 0.15) is 25.7 Å². The third kappa shape index (κ3) is 3.34. The van der Waals surface area contributed by atoms with Gasteiger partial charge in [-0.25, -0.2) is 0 Å². The lowest BCUT2D eigenvalue weighted by Gasteiger charge is -2.31. The molecule has 0 radical (unpaired) electrons. The molecule has 0 spiro atoms. The number of nitrogens with two attached hydrogens (primary N) is 1. The first-order valence-electron chi connectivity index (χ1n) is 6.53. The number of nitrogens with zero attached hydrogens (tertiary/aromatic N) is 1. The van der Waals surface area contributed by atoms with Crippen molar-refractivity contribution in [2.45, 2.75) is 31.8 Å². The Balaban J connectivity index is 2.22. The third-order valence-corrected chi connectivity index (χ3v) is 4.17. The van der Waals surface area contributed by atoms with E-state index in [1.807, 2.05) is 0 Å². The maximum atomic E-state index is 10.7. The van der Waals surface area contributed by atoms with E-state index in [0.717, 1.165) is 25.7 Å². The number of nitro groups is 1. The monoisotopic (exact) mass is 318 g/mol. The molecule has 0 amide bonds. The van der Waals surface area contributed by atoms with Crippen molar-refractivity contribution in [1.82, 2.24) is 0 Å². The molecule has 1 saturated carbocycles. The summed E-state index contributed by atoms with van der Waals surface area (Å²) in [5.74, 6) is 0.579. The summed E-state index contributed by atoms with van der Waals surface area (Å²) in [4.78, 5) is 10.2. The highest BCUT2D eigenvalue weighted by Gasteiger charge is 2.27. The summed E-state index contributed by atoms with van der Waals surface area (Å²) < 4.78 is 5.89. The van der Waals surface area contributed by atoms with E-state index in [4.69, 9.17) is 33.7 Å². The molecule has 1 aliphatic carbocycles. The van der Waals surface area contributed by atoms with Crippen LogP contribution in [-0.2, 0) is 0 Å². The van der Waals surface area contributed by atoms with Crippen molar-refractivity contribution in [2.24, 2.45) is 11.7 Å². The minimum Gasteiger partial charge on any atom is -0.487 e. The number of non-ortho nitro benzene ring substituents is 1. The van der Waals surface area contributed by atoms with Crippen LogP contribution in [0.25, 0.3) is 0 Å². The highest BCUT2D eigenvalue weighted by atomic mass is 35.5. The maximum Gasteiger partial charge on any atom is 0.272 e. The lowest BCUT2D eigenvalue weighted by atomic mass is 9.86. The highest BCUT2D eigenvalue weighted by molar-refractivity contribution is 6.37. The van der Waals surface area contributed by atoms with Crippen molar-refractivity contribution in [3.8, 4) is 5.75 Å². The molecule has 1 aliphatic rings. The molecule has 1 fully saturated rings. The molecule has 2 atom stereocenters. The molecule has 2 unspecified atom stereocenters. The van der Waals surface area contributed by atoms with Crippen molar-refractivity contribution in [2.75, 3.05) is 6.54 Å². The normalized spacial score (nSPS) is 22.6. The first kappa shape index (κ1) is 15.4. The molecule has 2 N–H and O–H groups in total. The zero-order valence-electron chi connectivity index (χ0n) is 10.9. The average Bonchev–Trinajstić information content (AvgIpc) is 2.42. The summed E-state index contributed by atoms with van der Waals surface area (Å²) >= 11 is 12.1. The number of hydrogen-bond acceptors (Lipinski definition) is 4. The second-order valence-electron chi connectivity index (χ2n) is 4.93. The Labute approximate surface area is 127 Å². The summed E-state index contributed by atoms with van der Waals surface area (Å²) in [7, 11) is 0. The number of hydrogen-bond donors (Lipinski definition) is 1. The minimum absolute atomic E-state index is 0.0368. The number of nitro benzene ring substituents is 1. The Kier molecular flexibility index (Phi) is 5.07. The summed E-state index contributed by atoms with van der Waals surface area (Å²) in [5, 5.41) is 11.1. The predicted molar refractivity (Wildman–Crippen MR) is 78.5 cm³/mol. The quantitative estimate of drug-likeness (QED) is 0.676. The molecule has 1 aromatic rings. The molecule has 0 heterocycles. The van der Waals surface area contributed by atoms with Gasteiger partial charge in [0.25, 0.3) is 5.69 Å². The van der Waals surface area contributed by atoms with Crippen LogP contribution in [0.5, 0.6) is 5.75 Å². The zero-order chi connectivity index (χ0) is 14.7. The first-order chi connectivity index (χ1) is 9.52. The largest absolute Gasteiger partial charge is 0.487 e. The van der Waals surface area contributed by atoms with Gasteiger partial charge in [0.15, 0.2) is 5.75 Å². The Bertz CT molecular complexity index is 487. The first-order valence-corrected chi connectivity index (χ1v) is 7.28. The van der Waals surface area contributed by atoms with Gasteiger partial charge in [-0.05, 0) is 25.8 Å². The fourth-order valence-corrected chi connectivity index (χ4v) is 3.08. The van der Waals surface area contributed by atoms with Crippen LogP contribution in [0.3, 0.4) is 0 Å². The van der Waals surface area contributed by atoms with Crippen LogP contribution in [0.4, 0.5) is 5.69 Å². The smallest absolute Gasteiger partial charge is 0.272 e. The van der Waals surface area contributed by atoms with Crippen LogP contribution >= 0.6 is 23.2 Å². The van der Waals surface area contributed by atoms with Crippen LogP contribution in [0, 0.1) is 16.0 Å². The third-order valence-electron chi connectivity index (χ3n) is 3.61. The van der Waals surface area contributed by atoms with E-state index >= 15 is 0 Å². The second-order valence-corrected chi connectivity index (χ2v) is 5.75. The van der Waals surface area contributed by atoms with Crippen molar-refractivity contribution in [3.05, 3.63) is 32.3 Å². The molecule has 5 nitrogen and oxygen atoms in total. The summed E-state index contributed by atoms with van der Waals surface area (Å²) in [6.45, 7) is 0.548. The molecular formula is C13H16Cl2N2O3. The van der Waals surface area contributed by atoms with Crippen molar-refractivity contribution >= 4 is 28.9 Å². The van der Waals surface area contributed by atoms with Gasteiger partial charge in [0.05, 0.1) is 15.0 Å². The number of halogens is 2. The highest BCUT2D eigenvalue weighted by Crippen LogP contribution is 2.39. The molecular weight excluding hydrogens is 303 g/mol. The van der Waals surface area contributed by atoms with Crippen LogP contribution in [0.15, 0.2) is 12.1 Å². The van der Waals surface area contributed by atoms with Gasteiger partial charge in [-0.1, -0.05) is 29.6 Å². The lowest BCUT2D eigenvalue weighted by Crippen LogP contribution is -2.35. The number of rotatable bonds is 4. The molecule has 0 saturated heterocycles. The summed E-state index contributed by atoms with van der Waals surface area (Å²) in [5.41, 5.74) is 5.61. The summed E-state index contributed by atoms with van der Waals surface area (Å²) in [6.07, 6.45) is 4.09. The van der Waals surface area contributed by atoms with Crippen LogP contribution in [-0.4, -0.2) is 17.6 Å². The maximum absolute atomic E-state index is 10.7. The van der Waals surface area contributed by atoms with E-state index in [-0.39, 0.29) is 27.8 Å². The fraction of sp³-hybridized carbons (Fsp3) is 0.538. The Morgan fingerprint density at radius 3 is 2.45 bits per heavy atom. The van der Waals surface area contributed by atoms with Gasteiger partial charge in [0.2, 0.25) is 0 Å². The molecule has 1 aromatic carbocycles. The standard InChI is InChI=1S/C13H16Cl2N2O3/c14-10-5-9(17(18)19)6-11(15)13(10)20-12-4-2-1-3-8(12)7-16/h5-6,8,12H,1-4,7,16H2. The Morgan fingerprint density at radius 2 is 1.90 bits per heavy atom. The molecule has 0 bridgehead atoms. The van der Waals surface area contributed by atoms with E-state index in [0.29, 0.717) is 12.3 Å². The van der Waals surface area contributed by atoms with E-state index in [2.05, 4.69) is 0 Å². The van der Waals surface area contributed by atoms with Gasteiger partial charge in [0.1, 0.15) is 6.10 Å². The molecule has 2 rings (SSSR count). The van der Waals surface area contributed by atoms with Crippen molar-refractivity contribution < 1.29 is 9.66 Å². The lowest BCUT2D eigenvalue weighted by molar-refractivity contribution is -0.384. The van der Waals surface area contributed by atoms with E-state index in [1.54, 1.807) is 0 Å². The fourth-order valence-electron chi connectivity index (χ4n) is 2.51. The Morgan fingerprint density at radius 1 is 1.30 bits per heavy atom. The topological polar surface area (TPSA) is 78.4 Å². The zero-order valence-corrected chi connectivity index (χ0v) is 12.4. The van der Waals surface area contributed by atoms with Gasteiger partial charge in [0, 0.05) is 18.1 Å². The van der Waals surface area contributed by atoms with Gasteiger partial charge in [-0.15, -0.1) is 0 Å². The van der Waals surface area contributed by atoms with Gasteiger partial charge in [-0.2, -0.15) is 0 Å². The predicted octanol–water partition coefficient (Wildman–Crippen LogP) is 3.80.